The van der Waals surface area contributed by atoms with Crippen molar-refractivity contribution in [3.05, 3.63) is 34.4 Å². The molecule has 0 atom stereocenters. The van der Waals surface area contributed by atoms with Crippen molar-refractivity contribution < 1.29 is 59.3 Å². The number of carboxylic acid groups (broad SMARTS) is 4. The van der Waals surface area contributed by atoms with Gasteiger partial charge in [-0.15, -0.1) is 0 Å². The second kappa shape index (κ2) is 7.77. The third-order valence-electron chi connectivity index (χ3n) is 3.66. The molecule has 12 heteroatoms. The first-order chi connectivity index (χ1) is 13.1. The number of carboxylic acids is 4. The molecule has 0 fully saturated rings. The zero-order valence-electron chi connectivity index (χ0n) is 13.7. The van der Waals surface area contributed by atoms with Gasteiger partial charge in [-0.25, -0.2) is 19.2 Å². The standard InChI is InChI=1S/C16H12O12/c17-3-27-11-5-1-7(13(19)20)8(14(21)22)2-6(5)12(28-4-18)10(16(25)26)9(11)15(23)24/h1-2,17-18H,3-4H2,(H,19,20)(H,21,22)(H,23,24)(H,25,26). The zero-order chi connectivity index (χ0) is 21.2. The monoisotopic (exact) mass is 396 g/mol. The Hall–Kier alpha value is -3.90. The van der Waals surface area contributed by atoms with Gasteiger partial charge in [-0.05, 0) is 12.1 Å². The van der Waals surface area contributed by atoms with E-state index in [0.717, 1.165) is 12.1 Å². The predicted octanol–water partition coefficient (Wildman–Crippen LogP) is 0.290. The molecule has 0 spiro atoms. The topological polar surface area (TPSA) is 208 Å². The Morgan fingerprint density at radius 1 is 0.643 bits per heavy atom. The van der Waals surface area contributed by atoms with Gasteiger partial charge in [-0.3, -0.25) is 0 Å². The molecule has 2 aromatic carbocycles. The van der Waals surface area contributed by atoms with Gasteiger partial charge in [0.2, 0.25) is 0 Å². The highest BCUT2D eigenvalue weighted by Crippen LogP contribution is 2.42. The molecule has 0 amide bonds. The zero-order valence-corrected chi connectivity index (χ0v) is 13.7. The fourth-order valence-corrected chi connectivity index (χ4v) is 2.66. The van der Waals surface area contributed by atoms with Gasteiger partial charge in [-0.2, -0.15) is 0 Å². The van der Waals surface area contributed by atoms with Crippen LogP contribution < -0.4 is 9.47 Å². The summed E-state index contributed by atoms with van der Waals surface area (Å²) >= 11 is 0. The minimum atomic E-state index is -1.82. The summed E-state index contributed by atoms with van der Waals surface area (Å²) < 4.78 is 9.65. The first-order valence-electron chi connectivity index (χ1n) is 7.23. The Morgan fingerprint density at radius 2 is 0.964 bits per heavy atom. The number of fused-ring (bicyclic) bond motifs is 1. The Labute approximate surface area is 154 Å². The van der Waals surface area contributed by atoms with Crippen LogP contribution in [0.25, 0.3) is 10.8 Å². The first-order valence-corrected chi connectivity index (χ1v) is 7.23. The summed E-state index contributed by atoms with van der Waals surface area (Å²) in [6.45, 7) is -2.20. The molecule has 6 N–H and O–H groups in total. The number of rotatable bonds is 8. The summed E-state index contributed by atoms with van der Waals surface area (Å²) in [5, 5.41) is 54.8. The minimum Gasteiger partial charge on any atom is -0.478 e. The summed E-state index contributed by atoms with van der Waals surface area (Å²) in [5.74, 6) is -8.40. The van der Waals surface area contributed by atoms with Crippen molar-refractivity contribution in [2.45, 2.75) is 0 Å². The van der Waals surface area contributed by atoms with E-state index in [1.807, 2.05) is 0 Å². The third kappa shape index (κ3) is 3.36. The van der Waals surface area contributed by atoms with Crippen LogP contribution in [-0.2, 0) is 0 Å². The van der Waals surface area contributed by atoms with Crippen molar-refractivity contribution in [3.8, 4) is 11.5 Å². The van der Waals surface area contributed by atoms with Crippen LogP contribution in [0.1, 0.15) is 41.4 Å². The van der Waals surface area contributed by atoms with Crippen LogP contribution in [0, 0.1) is 0 Å². The van der Waals surface area contributed by atoms with Gasteiger partial charge in [0, 0.05) is 10.8 Å². The van der Waals surface area contributed by atoms with E-state index in [2.05, 4.69) is 0 Å². The summed E-state index contributed by atoms with van der Waals surface area (Å²) in [6.07, 6.45) is 0. The summed E-state index contributed by atoms with van der Waals surface area (Å²) in [7, 11) is 0. The fraction of sp³-hybridized carbons (Fsp3) is 0.125. The van der Waals surface area contributed by atoms with E-state index >= 15 is 0 Å². The number of hydrogen-bond acceptors (Lipinski definition) is 8. The van der Waals surface area contributed by atoms with Gasteiger partial charge >= 0.3 is 23.9 Å². The van der Waals surface area contributed by atoms with E-state index in [9.17, 15) is 39.6 Å². The molecule has 0 aromatic heterocycles. The van der Waals surface area contributed by atoms with Crippen molar-refractivity contribution in [1.82, 2.24) is 0 Å². The lowest BCUT2D eigenvalue weighted by Gasteiger charge is -2.18. The molecule has 0 saturated heterocycles. The Morgan fingerprint density at radius 3 is 1.18 bits per heavy atom. The predicted molar refractivity (Wildman–Crippen MR) is 87.2 cm³/mol. The van der Waals surface area contributed by atoms with Crippen LogP contribution in [0.2, 0.25) is 0 Å². The highest BCUT2D eigenvalue weighted by Gasteiger charge is 2.32. The normalized spacial score (nSPS) is 10.5. The number of carbonyl (C=O) groups is 4. The van der Waals surface area contributed by atoms with Crippen LogP contribution in [0.5, 0.6) is 11.5 Å². The van der Waals surface area contributed by atoms with Gasteiger partial charge in [0.1, 0.15) is 22.6 Å². The quantitative estimate of drug-likeness (QED) is 0.333. The number of ether oxygens (including phenoxy) is 2. The number of benzene rings is 2. The van der Waals surface area contributed by atoms with Gasteiger partial charge in [0.25, 0.3) is 0 Å². The minimum absolute atomic E-state index is 0.359. The van der Waals surface area contributed by atoms with E-state index in [1.165, 1.54) is 0 Å². The molecule has 0 heterocycles. The SMILES string of the molecule is O=C(O)c1cc2c(OCO)c(C(=O)O)c(C(=O)O)c(OCO)c2cc1C(=O)O. The highest BCUT2D eigenvalue weighted by atomic mass is 16.6. The second-order valence-corrected chi connectivity index (χ2v) is 5.12. The van der Waals surface area contributed by atoms with Crippen LogP contribution in [0.15, 0.2) is 12.1 Å². The number of aromatic carboxylic acids is 4. The molecule has 2 rings (SSSR count). The van der Waals surface area contributed by atoms with E-state index in [-0.39, 0.29) is 10.8 Å². The molecule has 0 aliphatic heterocycles. The average Bonchev–Trinajstić information content (AvgIpc) is 2.61. The summed E-state index contributed by atoms with van der Waals surface area (Å²) in [6, 6.07) is 1.49. The van der Waals surface area contributed by atoms with Gasteiger partial charge in [0.15, 0.2) is 13.6 Å². The molecule has 0 saturated carbocycles. The molecule has 0 aliphatic rings. The molecular weight excluding hydrogens is 384 g/mol. The van der Waals surface area contributed by atoms with E-state index < -0.39 is 71.2 Å². The van der Waals surface area contributed by atoms with E-state index in [0.29, 0.717) is 0 Å². The number of aliphatic hydroxyl groups excluding tert-OH is 2. The summed E-state index contributed by atoms with van der Waals surface area (Å²) in [4.78, 5) is 46.1. The molecule has 0 bridgehead atoms. The van der Waals surface area contributed by atoms with E-state index in [1.54, 1.807) is 0 Å². The van der Waals surface area contributed by atoms with Gasteiger partial charge in [0.05, 0.1) is 11.1 Å². The maximum absolute atomic E-state index is 11.7. The smallest absolute Gasteiger partial charge is 0.340 e. The summed E-state index contributed by atoms with van der Waals surface area (Å²) in [5.41, 5.74) is -3.48. The van der Waals surface area contributed by atoms with Crippen LogP contribution in [-0.4, -0.2) is 68.1 Å². The highest BCUT2D eigenvalue weighted by molar-refractivity contribution is 6.16. The number of aliphatic hydroxyl groups is 2. The fourth-order valence-electron chi connectivity index (χ4n) is 2.66. The molecule has 28 heavy (non-hydrogen) atoms. The third-order valence-corrected chi connectivity index (χ3v) is 3.66. The van der Waals surface area contributed by atoms with Crippen molar-refractivity contribution in [2.75, 3.05) is 13.6 Å². The average molecular weight is 396 g/mol. The van der Waals surface area contributed by atoms with Crippen molar-refractivity contribution >= 4 is 34.6 Å². The Kier molecular flexibility index (Phi) is 5.67. The van der Waals surface area contributed by atoms with Crippen LogP contribution in [0.4, 0.5) is 0 Å². The molecular formula is C16H12O12. The second-order valence-electron chi connectivity index (χ2n) is 5.12. The maximum Gasteiger partial charge on any atom is 0.340 e. The van der Waals surface area contributed by atoms with Crippen LogP contribution in [0.3, 0.4) is 0 Å². The van der Waals surface area contributed by atoms with Gasteiger partial charge < -0.3 is 40.1 Å². The molecule has 148 valence electrons. The molecule has 0 unspecified atom stereocenters. The first kappa shape index (κ1) is 20.4. The lowest BCUT2D eigenvalue weighted by Crippen LogP contribution is -2.16. The van der Waals surface area contributed by atoms with Crippen LogP contribution >= 0.6 is 0 Å². The molecule has 2 aromatic rings. The lowest BCUT2D eigenvalue weighted by molar-refractivity contribution is 0.0615. The molecule has 0 aliphatic carbocycles. The van der Waals surface area contributed by atoms with Crippen molar-refractivity contribution in [2.24, 2.45) is 0 Å². The molecule has 0 radical (unpaired) electrons. The van der Waals surface area contributed by atoms with Gasteiger partial charge in [-0.1, -0.05) is 0 Å². The largest absolute Gasteiger partial charge is 0.478 e. The Balaban J connectivity index is 3.22. The molecule has 12 nitrogen and oxygen atoms in total. The van der Waals surface area contributed by atoms with Crippen molar-refractivity contribution in [1.29, 1.82) is 0 Å². The lowest BCUT2D eigenvalue weighted by atomic mass is 9.93. The maximum atomic E-state index is 11.7. The van der Waals surface area contributed by atoms with E-state index in [4.69, 9.17) is 19.7 Å². The Bertz CT molecular complexity index is 926. The number of hydrogen-bond donors (Lipinski definition) is 6. The van der Waals surface area contributed by atoms with Crippen molar-refractivity contribution in [3.63, 3.8) is 0 Å².